The van der Waals surface area contributed by atoms with Crippen LogP contribution in [0.25, 0.3) is 0 Å². The van der Waals surface area contributed by atoms with Gasteiger partial charge in [0.2, 0.25) is 11.5 Å². The van der Waals surface area contributed by atoms with Gasteiger partial charge in [-0.2, -0.15) is 0 Å². The third kappa shape index (κ3) is 8.46. The summed E-state index contributed by atoms with van der Waals surface area (Å²) in [7, 11) is 8.78. The normalized spacial score (nSPS) is 10.7. The molecule has 11 heteroatoms. The lowest BCUT2D eigenvalue weighted by molar-refractivity contribution is -0.132. The summed E-state index contributed by atoms with van der Waals surface area (Å²) in [5.74, 6) is 1.76. The van der Waals surface area contributed by atoms with E-state index in [2.05, 4.69) is 21.1 Å². The van der Waals surface area contributed by atoms with Crippen molar-refractivity contribution in [2.24, 2.45) is 5.16 Å². The molecule has 0 N–H and O–H groups in total. The SMILES string of the molecule is CO/N=C(/C(=O)OC)c1ccccc1COc1ccccc1C.COc1cc(C)c(C(=O)c2c(OC)ccc(Br)c2C)c(OC)c1OC. The molecule has 0 aliphatic rings. The molecule has 0 radical (unpaired) electrons. The van der Waals surface area contributed by atoms with Crippen LogP contribution in [0.3, 0.4) is 0 Å². The highest BCUT2D eigenvalue weighted by Gasteiger charge is 2.28. The molecule has 10 nitrogen and oxygen atoms in total. The predicted molar refractivity (Wildman–Crippen MR) is 187 cm³/mol. The standard InChI is InChI=1S/C19H21BrO5.C18H19NO4/c1-10-9-14(23-4)18(24-5)19(25-6)15(10)17(21)16-11(2)12(20)7-8-13(16)22-3;1-13-8-4-7-11-16(13)23-12-14-9-5-6-10-15(14)17(19-22-3)18(20)21-2/h7-9H,1-6H3;4-11H,12H2,1-3H3/b;19-17+. The van der Waals surface area contributed by atoms with Crippen molar-refractivity contribution in [1.29, 1.82) is 0 Å². The van der Waals surface area contributed by atoms with E-state index in [9.17, 15) is 9.59 Å². The van der Waals surface area contributed by atoms with Crippen LogP contribution in [0.2, 0.25) is 0 Å². The van der Waals surface area contributed by atoms with Gasteiger partial charge in [0.25, 0.3) is 0 Å². The van der Waals surface area contributed by atoms with Gasteiger partial charge in [-0.25, -0.2) is 4.79 Å². The summed E-state index contributed by atoms with van der Waals surface area (Å²) in [6.07, 6.45) is 0. The number of rotatable bonds is 12. The van der Waals surface area contributed by atoms with E-state index in [1.165, 1.54) is 35.5 Å². The van der Waals surface area contributed by atoms with Crippen molar-refractivity contribution in [3.63, 3.8) is 0 Å². The van der Waals surface area contributed by atoms with Gasteiger partial charge in [0, 0.05) is 10.0 Å². The van der Waals surface area contributed by atoms with E-state index >= 15 is 0 Å². The minimum Gasteiger partial charge on any atom is -0.496 e. The molecule has 0 aliphatic heterocycles. The van der Waals surface area contributed by atoms with Crippen molar-refractivity contribution in [2.75, 3.05) is 42.7 Å². The molecule has 4 rings (SSSR count). The van der Waals surface area contributed by atoms with Crippen molar-refractivity contribution in [1.82, 2.24) is 0 Å². The Morgan fingerprint density at radius 1 is 0.688 bits per heavy atom. The molecule has 0 heterocycles. The fourth-order valence-electron chi connectivity index (χ4n) is 4.93. The number of esters is 1. The fraction of sp³-hybridized carbons (Fsp3) is 0.270. The van der Waals surface area contributed by atoms with E-state index in [0.29, 0.717) is 46.3 Å². The zero-order chi connectivity index (χ0) is 35.4. The Labute approximate surface area is 289 Å². The molecule has 48 heavy (non-hydrogen) atoms. The van der Waals surface area contributed by atoms with Crippen molar-refractivity contribution in [2.45, 2.75) is 27.4 Å². The maximum absolute atomic E-state index is 13.4. The van der Waals surface area contributed by atoms with E-state index in [4.69, 9.17) is 33.3 Å². The molecule has 0 bridgehead atoms. The topological polar surface area (TPSA) is 111 Å². The maximum Gasteiger partial charge on any atom is 0.360 e. The number of methoxy groups -OCH3 is 5. The van der Waals surface area contributed by atoms with Crippen LogP contribution in [0.1, 0.15) is 43.7 Å². The lowest BCUT2D eigenvalue weighted by Crippen LogP contribution is -2.19. The second-order valence-electron chi connectivity index (χ2n) is 10.2. The van der Waals surface area contributed by atoms with Crippen LogP contribution >= 0.6 is 15.9 Å². The number of oxime groups is 1. The second-order valence-corrected chi connectivity index (χ2v) is 11.1. The maximum atomic E-state index is 13.4. The molecule has 0 saturated carbocycles. The highest BCUT2D eigenvalue weighted by Crippen LogP contribution is 2.44. The highest BCUT2D eigenvalue weighted by molar-refractivity contribution is 9.10. The van der Waals surface area contributed by atoms with E-state index in [1.54, 1.807) is 25.3 Å². The van der Waals surface area contributed by atoms with Gasteiger partial charge in [0.15, 0.2) is 17.2 Å². The van der Waals surface area contributed by atoms with Crippen LogP contribution in [0.4, 0.5) is 0 Å². The lowest BCUT2D eigenvalue weighted by atomic mass is 9.93. The molecule has 254 valence electrons. The smallest absolute Gasteiger partial charge is 0.360 e. The molecule has 4 aromatic rings. The first-order chi connectivity index (χ1) is 23.1. The Kier molecular flexibility index (Phi) is 13.9. The number of nitrogens with zero attached hydrogens (tertiary/aromatic N) is 1. The summed E-state index contributed by atoms with van der Waals surface area (Å²) in [6, 6.07) is 20.5. The van der Waals surface area contributed by atoms with Gasteiger partial charge in [-0.05, 0) is 67.3 Å². The number of ether oxygens (including phenoxy) is 6. The average Bonchev–Trinajstić information content (AvgIpc) is 3.10. The summed E-state index contributed by atoms with van der Waals surface area (Å²) in [5, 5.41) is 3.78. The van der Waals surface area contributed by atoms with Crippen molar-refractivity contribution >= 4 is 33.4 Å². The van der Waals surface area contributed by atoms with Crippen molar-refractivity contribution in [3.05, 3.63) is 110 Å². The summed E-state index contributed by atoms with van der Waals surface area (Å²) in [6.45, 7) is 5.98. The summed E-state index contributed by atoms with van der Waals surface area (Å²) in [5.41, 5.74) is 5.00. The minimum atomic E-state index is -0.560. The monoisotopic (exact) mass is 721 g/mol. The van der Waals surface area contributed by atoms with Gasteiger partial charge in [-0.1, -0.05) is 63.6 Å². The highest BCUT2D eigenvalue weighted by atomic mass is 79.9. The molecule has 0 saturated heterocycles. The molecule has 0 aromatic heterocycles. The molecular formula is C37H40BrNO9. The molecule has 0 spiro atoms. The Morgan fingerprint density at radius 2 is 1.33 bits per heavy atom. The molecule has 0 amide bonds. The van der Waals surface area contributed by atoms with Gasteiger partial charge in [0.05, 0.1) is 46.7 Å². The zero-order valence-corrected chi connectivity index (χ0v) is 30.1. The Hall–Kier alpha value is -5.03. The fourth-order valence-corrected chi connectivity index (χ4v) is 5.27. The molecular weight excluding hydrogens is 682 g/mol. The number of ketones is 1. The van der Waals surface area contributed by atoms with Gasteiger partial charge >= 0.3 is 5.97 Å². The molecule has 0 fully saturated rings. The van der Waals surface area contributed by atoms with Crippen LogP contribution in [0.5, 0.6) is 28.7 Å². The number of halogens is 1. The van der Waals surface area contributed by atoms with E-state index < -0.39 is 5.97 Å². The van der Waals surface area contributed by atoms with Gasteiger partial charge in [-0.15, -0.1) is 0 Å². The second kappa shape index (κ2) is 17.8. The number of hydrogen-bond donors (Lipinski definition) is 0. The first-order valence-electron chi connectivity index (χ1n) is 14.7. The Balaban J connectivity index is 0.000000261. The third-order valence-electron chi connectivity index (χ3n) is 7.37. The van der Waals surface area contributed by atoms with Gasteiger partial charge < -0.3 is 33.3 Å². The minimum absolute atomic E-state index is 0.110. The number of para-hydroxylation sites is 1. The van der Waals surface area contributed by atoms with E-state index in [0.717, 1.165) is 32.5 Å². The van der Waals surface area contributed by atoms with Crippen LogP contribution in [-0.2, 0) is 21.0 Å². The molecule has 0 aliphatic carbocycles. The lowest BCUT2D eigenvalue weighted by Gasteiger charge is -2.19. The Morgan fingerprint density at radius 3 is 1.94 bits per heavy atom. The average molecular weight is 723 g/mol. The van der Waals surface area contributed by atoms with Crippen LogP contribution < -0.4 is 23.7 Å². The van der Waals surface area contributed by atoms with Crippen LogP contribution in [0, 0.1) is 20.8 Å². The van der Waals surface area contributed by atoms with Crippen molar-refractivity contribution < 1.29 is 42.8 Å². The Bertz CT molecular complexity index is 1790. The number of benzene rings is 4. The van der Waals surface area contributed by atoms with Crippen LogP contribution in [0.15, 0.2) is 76.4 Å². The largest absolute Gasteiger partial charge is 0.496 e. The number of aryl methyl sites for hydroxylation is 2. The zero-order valence-electron chi connectivity index (χ0n) is 28.6. The first kappa shape index (κ1) is 37.4. The van der Waals surface area contributed by atoms with Gasteiger partial charge in [0.1, 0.15) is 25.2 Å². The molecule has 0 unspecified atom stereocenters. The third-order valence-corrected chi connectivity index (χ3v) is 8.23. The van der Waals surface area contributed by atoms with Crippen molar-refractivity contribution in [3.8, 4) is 28.7 Å². The van der Waals surface area contributed by atoms with Gasteiger partial charge in [-0.3, -0.25) is 4.79 Å². The quantitative estimate of drug-likeness (QED) is 0.0638. The van der Waals surface area contributed by atoms with E-state index in [-0.39, 0.29) is 11.5 Å². The predicted octanol–water partition coefficient (Wildman–Crippen LogP) is 7.43. The first-order valence-corrected chi connectivity index (χ1v) is 15.5. The van der Waals surface area contributed by atoms with E-state index in [1.807, 2.05) is 69.3 Å². The molecule has 4 aromatic carbocycles. The number of carbonyl (C=O) groups is 2. The van der Waals surface area contributed by atoms with Crippen LogP contribution in [-0.4, -0.2) is 60.1 Å². The summed E-state index contributed by atoms with van der Waals surface area (Å²) in [4.78, 5) is 30.1. The summed E-state index contributed by atoms with van der Waals surface area (Å²) >= 11 is 3.47. The summed E-state index contributed by atoms with van der Waals surface area (Å²) < 4.78 is 33.1. The number of carbonyl (C=O) groups excluding carboxylic acids is 2. The molecule has 0 atom stereocenters. The number of hydrogen-bond acceptors (Lipinski definition) is 10.